The molecule has 12 heavy (non-hydrogen) atoms. The average molecular weight is 166 g/mol. The summed E-state index contributed by atoms with van der Waals surface area (Å²) in [5, 5.41) is 6.76. The van der Waals surface area contributed by atoms with Crippen LogP contribution in [0.4, 0.5) is 0 Å². The fourth-order valence-corrected chi connectivity index (χ4v) is 0.727. The number of oxime groups is 1. The molecule has 0 aliphatic rings. The monoisotopic (exact) mass is 166 g/mol. The summed E-state index contributed by atoms with van der Waals surface area (Å²) in [7, 11) is 0. The molecule has 1 aromatic rings. The van der Waals surface area contributed by atoms with Gasteiger partial charge in [-0.15, -0.1) is 0 Å². The Hall–Kier alpha value is -1.57. The molecule has 0 fully saturated rings. The Labute approximate surface area is 79.0 Å². The summed E-state index contributed by atoms with van der Waals surface area (Å²) in [6.45, 7) is -2.58. The molecule has 0 heterocycles. The highest BCUT2D eigenvalue weighted by atomic mass is 16.4. The number of hydrogen-bond donors (Lipinski definition) is 1. The molecule has 62 valence electrons. The van der Waals surface area contributed by atoms with E-state index in [0.717, 1.165) is 0 Å². The normalized spacial score (nSPS) is 19.8. The third-order valence-electron chi connectivity index (χ3n) is 1.27. The molecule has 0 aliphatic heterocycles. The molecule has 0 saturated heterocycles. The van der Waals surface area contributed by atoms with Gasteiger partial charge in [-0.3, -0.25) is 0 Å². The topological polar surface area (TPSA) is 32.6 Å². The minimum absolute atomic E-state index is 0.302. The molecule has 2 heteroatoms. The van der Waals surface area contributed by atoms with Gasteiger partial charge >= 0.3 is 1.43 Å². The van der Waals surface area contributed by atoms with Gasteiger partial charge < -0.3 is 5.21 Å². The second-order valence-corrected chi connectivity index (χ2v) is 2.14. The first-order valence-corrected chi connectivity index (χ1v) is 3.39. The standard InChI is InChI=1S/C10H11NO/c1-9(11-12)7-8-10-5-3-2-4-6-10/h2-8,12H,1H3/i1D3,7D/hD. The molecule has 0 aliphatic carbocycles. The van der Waals surface area contributed by atoms with Crippen LogP contribution in [0.3, 0.4) is 0 Å². The van der Waals surface area contributed by atoms with E-state index in [0.29, 0.717) is 5.56 Å². The fraction of sp³-hybridized carbons (Fsp3) is 0.100. The van der Waals surface area contributed by atoms with Gasteiger partial charge in [0.2, 0.25) is 0 Å². The lowest BCUT2D eigenvalue weighted by Crippen LogP contribution is -1.82. The lowest BCUT2D eigenvalue weighted by atomic mass is 10.2. The van der Waals surface area contributed by atoms with E-state index in [4.69, 9.17) is 6.91 Å². The van der Waals surface area contributed by atoms with Crippen LogP contribution in [0.5, 0.6) is 0 Å². The average Bonchev–Trinajstić information content (AvgIpc) is 2.25. The number of rotatable bonds is 3. The van der Waals surface area contributed by atoms with Crippen molar-refractivity contribution in [1.29, 1.82) is 0 Å². The summed E-state index contributed by atoms with van der Waals surface area (Å²) in [5.41, 5.74) is 0.135. The summed E-state index contributed by atoms with van der Waals surface area (Å²) in [6.07, 6.45) is 1.35. The smallest absolute Gasteiger partial charge is 0.330 e. The molecule has 0 spiro atoms. The van der Waals surface area contributed by atoms with Crippen LogP contribution in [0.15, 0.2) is 41.5 Å². The molecule has 0 bridgehead atoms. The van der Waals surface area contributed by atoms with Crippen LogP contribution in [0.2, 0.25) is 1.43 Å². The van der Waals surface area contributed by atoms with Crippen molar-refractivity contribution in [2.45, 2.75) is 6.85 Å². The van der Waals surface area contributed by atoms with Gasteiger partial charge in [0.15, 0.2) is 0 Å². The lowest BCUT2D eigenvalue weighted by molar-refractivity contribution is 0.319. The minimum Gasteiger partial charge on any atom is -0.411 e. The Bertz CT molecular complexity index is 424. The van der Waals surface area contributed by atoms with Gasteiger partial charge in [-0.1, -0.05) is 41.6 Å². The molecule has 0 amide bonds. The SMILES string of the molecule is [2H]ON=C(C([2H])=Cc1ccccc1)C([2H])([2H])[2H]. The van der Waals surface area contributed by atoms with E-state index >= 15 is 0 Å². The Morgan fingerprint density at radius 2 is 2.50 bits per heavy atom. The third-order valence-corrected chi connectivity index (χ3v) is 1.27. The number of benzene rings is 1. The summed E-state index contributed by atoms with van der Waals surface area (Å²) in [4.78, 5) is 0. The van der Waals surface area contributed by atoms with E-state index in [1.807, 2.05) is 6.07 Å². The van der Waals surface area contributed by atoms with Crippen molar-refractivity contribution in [1.82, 2.24) is 0 Å². The maximum atomic E-state index is 7.63. The molecule has 1 aromatic carbocycles. The summed E-state index contributed by atoms with van der Waals surface area (Å²) in [6, 6.07) is 8.51. The van der Waals surface area contributed by atoms with Crippen molar-refractivity contribution < 1.29 is 12.1 Å². The molecule has 1 rings (SSSR count). The molecule has 1 N–H and O–H groups in total. The number of allylic oxidation sites excluding steroid dienone is 1. The highest BCUT2D eigenvalue weighted by Gasteiger charge is 1.84. The first-order chi connectivity index (χ1) is 7.95. The third kappa shape index (κ3) is 2.58. The molecule has 2 nitrogen and oxygen atoms in total. The molecule has 0 unspecified atom stereocenters. The van der Waals surface area contributed by atoms with E-state index in [2.05, 4.69) is 10.4 Å². The van der Waals surface area contributed by atoms with Crippen LogP contribution in [-0.4, -0.2) is 10.9 Å². The van der Waals surface area contributed by atoms with Gasteiger partial charge in [0.1, 0.15) is 0 Å². The predicted octanol–water partition coefficient (Wildman–Crippen LogP) is 2.55. The van der Waals surface area contributed by atoms with Crippen LogP contribution in [-0.2, 0) is 0 Å². The maximum absolute atomic E-state index is 7.63. The van der Waals surface area contributed by atoms with Crippen molar-refractivity contribution in [3.63, 3.8) is 0 Å². The van der Waals surface area contributed by atoms with Gasteiger partial charge in [-0.05, 0) is 18.5 Å². The highest BCUT2D eigenvalue weighted by Crippen LogP contribution is 2.00. The van der Waals surface area contributed by atoms with E-state index in [9.17, 15) is 0 Å². The first-order valence-electron chi connectivity index (χ1n) is 5.80. The highest BCUT2D eigenvalue weighted by molar-refractivity contribution is 5.95. The van der Waals surface area contributed by atoms with Crippen LogP contribution < -0.4 is 0 Å². The zero-order valence-corrected chi connectivity index (χ0v) is 6.32. The van der Waals surface area contributed by atoms with Crippen LogP contribution in [0.25, 0.3) is 6.08 Å². The van der Waals surface area contributed by atoms with Gasteiger partial charge in [-0.2, -0.15) is 0 Å². The van der Waals surface area contributed by atoms with Gasteiger partial charge in [-0.25, -0.2) is 0 Å². The minimum atomic E-state index is -2.58. The van der Waals surface area contributed by atoms with Crippen molar-refractivity contribution in [3.05, 3.63) is 41.9 Å². The Morgan fingerprint density at radius 1 is 1.67 bits per heavy atom. The van der Waals surface area contributed by atoms with Crippen molar-refractivity contribution in [3.8, 4) is 0 Å². The number of hydrogen-bond acceptors (Lipinski definition) is 2. The fourth-order valence-electron chi connectivity index (χ4n) is 0.727. The molecule has 0 aromatic heterocycles. The summed E-state index contributed by atoms with van der Waals surface area (Å²) >= 11 is 0. The van der Waals surface area contributed by atoms with E-state index < -0.39 is 12.6 Å². The largest absolute Gasteiger partial charge is 0.411 e. The Balaban J connectivity index is 3.06. The van der Waals surface area contributed by atoms with Crippen LogP contribution in [0.1, 0.15) is 17.9 Å². The maximum Gasteiger partial charge on any atom is 0.330 e. The van der Waals surface area contributed by atoms with Crippen molar-refractivity contribution in [2.24, 2.45) is 5.16 Å². The molecule has 0 radical (unpaired) electrons. The molecular formula is C10H11NO. The molecule has 0 atom stereocenters. The first kappa shape index (κ1) is 3.90. The van der Waals surface area contributed by atoms with E-state index in [1.54, 1.807) is 24.3 Å². The van der Waals surface area contributed by atoms with E-state index in [-0.39, 0.29) is 6.05 Å². The van der Waals surface area contributed by atoms with Crippen molar-refractivity contribution in [2.75, 3.05) is 0 Å². The van der Waals surface area contributed by atoms with Crippen LogP contribution >= 0.6 is 0 Å². The predicted molar refractivity (Wildman–Crippen MR) is 50.4 cm³/mol. The number of nitrogens with zero attached hydrogens (tertiary/aromatic N) is 1. The van der Waals surface area contributed by atoms with Gasteiger partial charge in [0.05, 0.1) is 7.08 Å². The zero-order chi connectivity index (χ0) is 12.9. The molecule has 0 saturated carbocycles. The van der Waals surface area contributed by atoms with Crippen LogP contribution in [0, 0.1) is 0 Å². The molecular weight excluding hydrogens is 150 g/mol. The van der Waals surface area contributed by atoms with Crippen molar-refractivity contribution >= 4 is 11.8 Å². The lowest BCUT2D eigenvalue weighted by Gasteiger charge is -1.89. The van der Waals surface area contributed by atoms with Gasteiger partial charge in [0, 0.05) is 4.11 Å². The van der Waals surface area contributed by atoms with E-state index in [1.165, 1.54) is 6.08 Å². The Morgan fingerprint density at radius 3 is 3.17 bits per heavy atom. The summed E-state index contributed by atoms with van der Waals surface area (Å²) < 4.78 is 35.6. The second kappa shape index (κ2) is 4.34. The summed E-state index contributed by atoms with van der Waals surface area (Å²) in [5.74, 6) is 0. The van der Waals surface area contributed by atoms with Gasteiger partial charge in [0.25, 0.3) is 0 Å². The second-order valence-electron chi connectivity index (χ2n) is 2.14. The zero-order valence-electron chi connectivity index (χ0n) is 11.3. The quantitative estimate of drug-likeness (QED) is 0.418. The Kier molecular flexibility index (Phi) is 1.41.